The Morgan fingerprint density at radius 3 is 2.72 bits per heavy atom. The molecule has 0 bridgehead atoms. The molecule has 0 atom stereocenters. The number of hydrogen-bond acceptors (Lipinski definition) is 4. The third-order valence-corrected chi connectivity index (χ3v) is 3.77. The summed E-state index contributed by atoms with van der Waals surface area (Å²) >= 11 is 0. The van der Waals surface area contributed by atoms with Crippen molar-refractivity contribution in [3.05, 3.63) is 42.2 Å². The minimum atomic E-state index is -0.350. The van der Waals surface area contributed by atoms with Gasteiger partial charge in [-0.25, -0.2) is 9.78 Å². The van der Waals surface area contributed by atoms with Gasteiger partial charge in [-0.3, -0.25) is 15.1 Å². The van der Waals surface area contributed by atoms with Crippen molar-refractivity contribution >= 4 is 28.8 Å². The number of anilines is 1. The summed E-state index contributed by atoms with van der Waals surface area (Å²) in [5.41, 5.74) is 3.53. The van der Waals surface area contributed by atoms with E-state index >= 15 is 0 Å². The van der Waals surface area contributed by atoms with Crippen LogP contribution in [0.2, 0.25) is 0 Å². The minimum Gasteiger partial charge on any atom is -0.338 e. The van der Waals surface area contributed by atoms with Gasteiger partial charge in [0.2, 0.25) is 5.95 Å². The summed E-state index contributed by atoms with van der Waals surface area (Å²) in [6.45, 7) is 4.15. The second-order valence-corrected chi connectivity index (χ2v) is 5.51. The average molecular weight is 337 g/mol. The van der Waals surface area contributed by atoms with Gasteiger partial charge in [0, 0.05) is 36.5 Å². The first-order chi connectivity index (χ1) is 12.1. The van der Waals surface area contributed by atoms with Crippen molar-refractivity contribution in [1.29, 1.82) is 0 Å². The molecule has 7 heteroatoms. The van der Waals surface area contributed by atoms with Crippen molar-refractivity contribution in [1.82, 2.24) is 20.3 Å². The van der Waals surface area contributed by atoms with Gasteiger partial charge in [-0.05, 0) is 30.7 Å². The smallest absolute Gasteiger partial charge is 0.321 e. The van der Waals surface area contributed by atoms with E-state index in [1.807, 2.05) is 38.1 Å². The molecular formula is C18H19N5O2. The average Bonchev–Trinajstić information content (AvgIpc) is 3.03. The van der Waals surface area contributed by atoms with Crippen molar-refractivity contribution in [2.75, 3.05) is 11.9 Å². The van der Waals surface area contributed by atoms with Crippen molar-refractivity contribution in [3.8, 4) is 11.1 Å². The van der Waals surface area contributed by atoms with Crippen LogP contribution in [-0.2, 0) is 0 Å². The second-order valence-electron chi connectivity index (χ2n) is 5.51. The normalized spacial score (nSPS) is 10.6. The van der Waals surface area contributed by atoms with Crippen LogP contribution in [0.1, 0.15) is 30.6 Å². The number of imidazole rings is 1. The van der Waals surface area contributed by atoms with Gasteiger partial charge in [0.25, 0.3) is 0 Å². The number of carbonyl (C=O) groups is 2. The molecule has 25 heavy (non-hydrogen) atoms. The summed E-state index contributed by atoms with van der Waals surface area (Å²) in [4.78, 5) is 35.6. The predicted molar refractivity (Wildman–Crippen MR) is 96.6 cm³/mol. The van der Waals surface area contributed by atoms with E-state index in [1.54, 1.807) is 12.4 Å². The molecule has 2 amide bonds. The van der Waals surface area contributed by atoms with E-state index in [-0.39, 0.29) is 11.8 Å². The number of rotatable bonds is 5. The van der Waals surface area contributed by atoms with E-state index < -0.39 is 0 Å². The molecule has 0 fully saturated rings. The van der Waals surface area contributed by atoms with Crippen LogP contribution in [0.15, 0.2) is 36.7 Å². The van der Waals surface area contributed by atoms with Gasteiger partial charge in [-0.15, -0.1) is 0 Å². The standard InChI is InChI=1S/C18H19N5O2/c1-3-15(24)13-8-12(11-6-5-7-19-10-11)9-14-16(13)22-17(21-14)23-18(25)20-4-2/h5-10H,3-4H2,1-2H3,(H3,20,21,22,23,25). The highest BCUT2D eigenvalue weighted by Gasteiger charge is 2.16. The van der Waals surface area contributed by atoms with E-state index in [2.05, 4.69) is 25.6 Å². The number of ketones is 1. The number of aromatic amines is 1. The molecule has 0 aliphatic carbocycles. The van der Waals surface area contributed by atoms with Gasteiger partial charge in [0.1, 0.15) is 5.52 Å². The predicted octanol–water partition coefficient (Wildman–Crippen LogP) is 3.36. The number of nitrogens with zero attached hydrogens (tertiary/aromatic N) is 2. The molecule has 0 saturated heterocycles. The Bertz CT molecular complexity index is 918. The summed E-state index contributed by atoms with van der Waals surface area (Å²) in [7, 11) is 0. The lowest BCUT2D eigenvalue weighted by atomic mass is 10.00. The Morgan fingerprint density at radius 2 is 2.04 bits per heavy atom. The zero-order valence-electron chi connectivity index (χ0n) is 14.1. The number of fused-ring (bicyclic) bond motifs is 1. The Kier molecular flexibility index (Phi) is 4.74. The molecule has 0 aliphatic rings. The van der Waals surface area contributed by atoms with Crippen molar-refractivity contribution in [3.63, 3.8) is 0 Å². The van der Waals surface area contributed by atoms with Crippen LogP contribution in [-0.4, -0.2) is 33.3 Å². The Balaban J connectivity index is 2.10. The molecule has 3 N–H and O–H groups in total. The van der Waals surface area contributed by atoms with Gasteiger partial charge >= 0.3 is 6.03 Å². The lowest BCUT2D eigenvalue weighted by Crippen LogP contribution is -2.28. The monoisotopic (exact) mass is 337 g/mol. The number of nitrogens with one attached hydrogen (secondary N) is 3. The van der Waals surface area contributed by atoms with Gasteiger partial charge in [-0.1, -0.05) is 13.0 Å². The van der Waals surface area contributed by atoms with E-state index in [0.717, 1.165) is 11.1 Å². The SMILES string of the molecule is CCNC(=O)Nc1nc2c(C(=O)CC)cc(-c3cccnc3)cc2[nH]1. The number of hydrogen-bond donors (Lipinski definition) is 3. The first-order valence-corrected chi connectivity index (χ1v) is 8.14. The highest BCUT2D eigenvalue weighted by molar-refractivity contribution is 6.08. The summed E-state index contributed by atoms with van der Waals surface area (Å²) < 4.78 is 0. The topological polar surface area (TPSA) is 99.8 Å². The van der Waals surface area contributed by atoms with Crippen molar-refractivity contribution in [2.24, 2.45) is 0 Å². The Labute approximate surface area is 144 Å². The Morgan fingerprint density at radius 1 is 1.20 bits per heavy atom. The quantitative estimate of drug-likeness (QED) is 0.622. The number of aromatic nitrogens is 3. The molecule has 7 nitrogen and oxygen atoms in total. The number of H-pyrrole nitrogens is 1. The maximum Gasteiger partial charge on any atom is 0.321 e. The number of amides is 2. The molecule has 0 aliphatic heterocycles. The zero-order chi connectivity index (χ0) is 17.8. The molecule has 2 heterocycles. The molecule has 0 unspecified atom stereocenters. The van der Waals surface area contributed by atoms with Crippen molar-refractivity contribution in [2.45, 2.75) is 20.3 Å². The molecule has 3 rings (SSSR count). The number of carbonyl (C=O) groups excluding carboxylic acids is 2. The summed E-state index contributed by atoms with van der Waals surface area (Å²) in [6.07, 6.45) is 3.81. The number of urea groups is 1. The van der Waals surface area contributed by atoms with E-state index in [0.29, 0.717) is 35.5 Å². The molecule has 3 aromatic rings. The van der Waals surface area contributed by atoms with E-state index in [1.165, 1.54) is 0 Å². The molecule has 0 spiro atoms. The molecule has 0 saturated carbocycles. The molecule has 0 radical (unpaired) electrons. The maximum absolute atomic E-state index is 12.4. The van der Waals surface area contributed by atoms with Crippen LogP contribution < -0.4 is 10.6 Å². The Hall–Kier alpha value is -3.22. The fourth-order valence-corrected chi connectivity index (χ4v) is 2.59. The third kappa shape index (κ3) is 3.50. The maximum atomic E-state index is 12.4. The third-order valence-electron chi connectivity index (χ3n) is 3.77. The molecular weight excluding hydrogens is 318 g/mol. The van der Waals surface area contributed by atoms with E-state index in [9.17, 15) is 9.59 Å². The molecule has 1 aromatic carbocycles. The number of benzene rings is 1. The van der Waals surface area contributed by atoms with Crippen molar-refractivity contribution < 1.29 is 9.59 Å². The van der Waals surface area contributed by atoms with Gasteiger partial charge in [0.15, 0.2) is 5.78 Å². The van der Waals surface area contributed by atoms with Crippen LogP contribution in [0.4, 0.5) is 10.7 Å². The second kappa shape index (κ2) is 7.12. The minimum absolute atomic E-state index is 0.00759. The zero-order valence-corrected chi connectivity index (χ0v) is 14.1. The van der Waals surface area contributed by atoms with Crippen LogP contribution in [0, 0.1) is 0 Å². The number of pyridine rings is 1. The lowest BCUT2D eigenvalue weighted by Gasteiger charge is -2.05. The highest BCUT2D eigenvalue weighted by atomic mass is 16.2. The summed E-state index contributed by atoms with van der Waals surface area (Å²) in [5, 5.41) is 5.27. The molecule has 2 aromatic heterocycles. The summed E-state index contributed by atoms with van der Waals surface area (Å²) in [5.74, 6) is 0.293. The first-order valence-electron chi connectivity index (χ1n) is 8.14. The largest absolute Gasteiger partial charge is 0.338 e. The van der Waals surface area contributed by atoms with Crippen LogP contribution in [0.25, 0.3) is 22.2 Å². The number of Topliss-reactive ketones (excluding diaryl/α,β-unsaturated/α-hetero) is 1. The highest BCUT2D eigenvalue weighted by Crippen LogP contribution is 2.28. The lowest BCUT2D eigenvalue weighted by molar-refractivity contribution is 0.0989. The van der Waals surface area contributed by atoms with Crippen LogP contribution in [0.5, 0.6) is 0 Å². The van der Waals surface area contributed by atoms with Crippen LogP contribution >= 0.6 is 0 Å². The van der Waals surface area contributed by atoms with Gasteiger partial charge < -0.3 is 10.3 Å². The van der Waals surface area contributed by atoms with Gasteiger partial charge in [0.05, 0.1) is 5.52 Å². The fourth-order valence-electron chi connectivity index (χ4n) is 2.59. The fraction of sp³-hybridized carbons (Fsp3) is 0.222. The van der Waals surface area contributed by atoms with Crippen LogP contribution in [0.3, 0.4) is 0 Å². The van der Waals surface area contributed by atoms with E-state index in [4.69, 9.17) is 0 Å². The van der Waals surface area contributed by atoms with Gasteiger partial charge in [-0.2, -0.15) is 0 Å². The first kappa shape index (κ1) is 16.6. The molecule has 128 valence electrons. The summed E-state index contributed by atoms with van der Waals surface area (Å²) in [6, 6.07) is 7.14.